The average molecular weight is 715 g/mol. The van der Waals surface area contributed by atoms with Crippen LogP contribution in [0.2, 0.25) is 0 Å². The van der Waals surface area contributed by atoms with Crippen LogP contribution in [-0.4, -0.2) is 5.66 Å². The molecule has 5 aromatic rings. The molecule has 49 heavy (non-hydrogen) atoms. The van der Waals surface area contributed by atoms with E-state index in [0.717, 1.165) is 0 Å². The second kappa shape index (κ2) is 17.2. The molecule has 0 nitrogen and oxygen atoms in total. The Labute approximate surface area is 307 Å². The van der Waals surface area contributed by atoms with Gasteiger partial charge in [-0.1, -0.05) is 169 Å². The first-order valence-electron chi connectivity index (χ1n) is 16.8. The Hall–Kier alpha value is -3.82. The van der Waals surface area contributed by atoms with Crippen LogP contribution in [0.4, 0.5) is 0 Å². The van der Waals surface area contributed by atoms with E-state index in [9.17, 15) is 0 Å². The van der Waals surface area contributed by atoms with Gasteiger partial charge in [-0.2, -0.15) is 18.2 Å². The molecule has 0 radical (unpaired) electrons. The molecule has 2 aliphatic rings. The van der Waals surface area contributed by atoms with Crippen LogP contribution >= 0.6 is 15.8 Å². The maximum Gasteiger partial charge on any atom is 2.00 e. The molecule has 0 saturated carbocycles. The van der Waals surface area contributed by atoms with Crippen LogP contribution < -0.4 is 21.2 Å². The summed E-state index contributed by atoms with van der Waals surface area (Å²) in [6, 6.07) is 46.4. The molecule has 5 aromatic carbocycles. The van der Waals surface area contributed by atoms with Gasteiger partial charge < -0.3 is 0 Å². The molecule has 0 unspecified atom stereocenters. The Bertz CT molecular complexity index is 1830. The minimum atomic E-state index is -0.718. The zero-order valence-electron chi connectivity index (χ0n) is 29.0. The quantitative estimate of drug-likeness (QED) is 0.0895. The maximum absolute atomic E-state index is 2.46. The van der Waals surface area contributed by atoms with Crippen molar-refractivity contribution in [1.29, 1.82) is 0 Å². The molecule has 2 aliphatic carbocycles. The standard InChI is InChI=1S/C41H39P2.C5H5.Fe/c1-29-23-30(2)26-36(25-29)42(37-27-31(3)24-32(4)28-37)33(5)38-20-14-21-39(38)40-19-12-13-22-41(40)43(34-15-8-6-9-16-34)35-17-10-7-11-18-35;1-2-4-5-3-1;/h6-28,33H,1-5H3;1-5H;/q2*-1;+2/b40-39+;;/t33-;;/m0../s1. The van der Waals surface area contributed by atoms with Gasteiger partial charge in [0, 0.05) is 5.66 Å². The van der Waals surface area contributed by atoms with Crippen molar-refractivity contribution < 1.29 is 17.1 Å². The first-order valence-corrected chi connectivity index (χ1v) is 19.5. The van der Waals surface area contributed by atoms with Gasteiger partial charge in [-0.15, -0.1) is 29.9 Å². The summed E-state index contributed by atoms with van der Waals surface area (Å²) < 4.78 is 0. The van der Waals surface area contributed by atoms with Gasteiger partial charge in [-0.3, -0.25) is 0 Å². The van der Waals surface area contributed by atoms with Crippen LogP contribution in [0.3, 0.4) is 0 Å². The minimum absolute atomic E-state index is 0. The summed E-state index contributed by atoms with van der Waals surface area (Å²) in [5.74, 6) is 0. The SMILES string of the molecule is Cc1cc(C)cc(P(c2cc(C)cc(C)c2)[C@@H](C)C2=CC=C/C2=C2/C=CC=C[C-]2P(c2ccccc2)c2ccccc2)c1.[Fe+2].c1cc[cH-]c1. The summed E-state index contributed by atoms with van der Waals surface area (Å²) in [4.78, 5) is 0. The third kappa shape index (κ3) is 8.86. The number of allylic oxidation sites excluding steroid dienone is 10. The van der Waals surface area contributed by atoms with Gasteiger partial charge in [0.05, 0.1) is 0 Å². The zero-order valence-corrected chi connectivity index (χ0v) is 31.9. The third-order valence-electron chi connectivity index (χ3n) is 8.68. The molecule has 246 valence electrons. The summed E-state index contributed by atoms with van der Waals surface area (Å²) >= 11 is 0. The summed E-state index contributed by atoms with van der Waals surface area (Å²) in [6.07, 6.45) is 16.1. The van der Waals surface area contributed by atoms with Crippen molar-refractivity contribution >= 4 is 37.1 Å². The van der Waals surface area contributed by atoms with E-state index in [0.29, 0.717) is 5.66 Å². The topological polar surface area (TPSA) is 0 Å². The van der Waals surface area contributed by atoms with Crippen molar-refractivity contribution in [1.82, 2.24) is 0 Å². The molecule has 0 bridgehead atoms. The number of benzene rings is 4. The van der Waals surface area contributed by atoms with Gasteiger partial charge in [-0.05, 0) is 56.8 Å². The number of hydrogen-bond acceptors (Lipinski definition) is 0. The summed E-state index contributed by atoms with van der Waals surface area (Å²) in [6.45, 7) is 11.4. The van der Waals surface area contributed by atoms with Gasteiger partial charge in [0.2, 0.25) is 0 Å². The smallest absolute Gasteiger partial charge is 0.214 e. The van der Waals surface area contributed by atoms with Gasteiger partial charge >= 0.3 is 17.1 Å². The molecule has 0 N–H and O–H groups in total. The second-order valence-electron chi connectivity index (χ2n) is 12.6. The number of rotatable bonds is 7. The van der Waals surface area contributed by atoms with Crippen LogP contribution in [0.1, 0.15) is 29.2 Å². The van der Waals surface area contributed by atoms with E-state index in [1.54, 1.807) is 0 Å². The van der Waals surface area contributed by atoms with E-state index in [1.807, 2.05) is 30.3 Å². The number of aryl methyl sites for hydroxylation is 4. The predicted molar refractivity (Wildman–Crippen MR) is 214 cm³/mol. The molecule has 0 saturated heterocycles. The van der Waals surface area contributed by atoms with Crippen LogP contribution in [0.25, 0.3) is 0 Å². The maximum atomic E-state index is 2.46. The molecule has 1 atom stereocenters. The second-order valence-corrected chi connectivity index (χ2v) is 17.4. The molecular formula is C46H44FeP2. The van der Waals surface area contributed by atoms with E-state index in [2.05, 4.69) is 174 Å². The van der Waals surface area contributed by atoms with Gasteiger partial charge in [0.25, 0.3) is 0 Å². The van der Waals surface area contributed by atoms with Gasteiger partial charge in [0.1, 0.15) is 0 Å². The van der Waals surface area contributed by atoms with E-state index < -0.39 is 15.8 Å². The molecular weight excluding hydrogens is 670 g/mol. The minimum Gasteiger partial charge on any atom is -0.214 e. The summed E-state index contributed by atoms with van der Waals surface area (Å²) in [5, 5.41) is 5.68. The van der Waals surface area contributed by atoms with Crippen LogP contribution in [0.15, 0.2) is 187 Å². The van der Waals surface area contributed by atoms with Gasteiger partial charge in [-0.25, -0.2) is 12.1 Å². The predicted octanol–water partition coefficient (Wildman–Crippen LogP) is 10.7. The van der Waals surface area contributed by atoms with Crippen LogP contribution in [-0.2, 0) is 17.1 Å². The normalized spacial score (nSPS) is 15.6. The Kier molecular flexibility index (Phi) is 12.8. The van der Waals surface area contributed by atoms with Crippen molar-refractivity contribution in [2.24, 2.45) is 0 Å². The van der Waals surface area contributed by atoms with E-state index in [4.69, 9.17) is 0 Å². The summed E-state index contributed by atoms with van der Waals surface area (Å²) in [5.41, 5.74) is 11.3. The fourth-order valence-electron chi connectivity index (χ4n) is 6.76. The largest absolute Gasteiger partial charge is 2.00 e. The van der Waals surface area contributed by atoms with Crippen molar-refractivity contribution in [2.45, 2.75) is 40.3 Å². The molecule has 3 heteroatoms. The first-order chi connectivity index (χ1) is 23.4. The Morgan fingerprint density at radius 3 is 1.55 bits per heavy atom. The summed E-state index contributed by atoms with van der Waals surface area (Å²) in [7, 11) is -1.36. The monoisotopic (exact) mass is 714 g/mol. The number of hydrogen-bond donors (Lipinski definition) is 0. The Balaban J connectivity index is 0.000000717. The molecule has 0 fully saturated rings. The zero-order chi connectivity index (χ0) is 33.5. The van der Waals surface area contributed by atoms with E-state index in [1.165, 1.54) is 65.9 Å². The fourth-order valence-corrected chi connectivity index (χ4v) is 12.3. The van der Waals surface area contributed by atoms with Crippen molar-refractivity contribution in [3.8, 4) is 0 Å². The van der Waals surface area contributed by atoms with E-state index >= 15 is 0 Å². The van der Waals surface area contributed by atoms with Crippen molar-refractivity contribution in [3.05, 3.63) is 215 Å². The van der Waals surface area contributed by atoms with Crippen LogP contribution in [0, 0.1) is 33.4 Å². The fraction of sp³-hybridized carbons (Fsp3) is 0.130. The molecule has 7 rings (SSSR count). The van der Waals surface area contributed by atoms with Crippen molar-refractivity contribution in [3.63, 3.8) is 0 Å². The average Bonchev–Trinajstić information content (AvgIpc) is 3.82. The third-order valence-corrected chi connectivity index (χ3v) is 13.9. The van der Waals surface area contributed by atoms with Gasteiger partial charge in [0.15, 0.2) is 0 Å². The molecule has 0 heterocycles. The molecule has 0 aliphatic heterocycles. The Morgan fingerprint density at radius 2 is 1.08 bits per heavy atom. The molecule has 0 aromatic heterocycles. The first kappa shape index (κ1) is 36.5. The Morgan fingerprint density at radius 1 is 0.571 bits per heavy atom. The van der Waals surface area contributed by atoms with Crippen molar-refractivity contribution in [2.75, 3.05) is 0 Å². The van der Waals surface area contributed by atoms with E-state index in [-0.39, 0.29) is 17.1 Å². The molecule has 0 spiro atoms. The van der Waals surface area contributed by atoms with Crippen LogP contribution in [0.5, 0.6) is 0 Å². The molecule has 0 amide bonds.